The second-order valence-electron chi connectivity index (χ2n) is 3.81. The summed E-state index contributed by atoms with van der Waals surface area (Å²) in [5.74, 6) is -0.337. The third-order valence-corrected chi connectivity index (χ3v) is 2.18. The zero-order valence-electron chi connectivity index (χ0n) is 10.8. The van der Waals surface area contributed by atoms with Gasteiger partial charge in [0.15, 0.2) is 0 Å². The first-order valence-corrected chi connectivity index (χ1v) is 5.92. The highest BCUT2D eigenvalue weighted by atomic mass is 19.4. The summed E-state index contributed by atoms with van der Waals surface area (Å²) in [6.07, 6.45) is -0.232. The highest BCUT2D eigenvalue weighted by molar-refractivity contribution is 5.89. The molecule has 0 saturated carbocycles. The minimum atomic E-state index is -4.72. The third-order valence-electron chi connectivity index (χ3n) is 2.18. The maximum absolute atomic E-state index is 11.9. The van der Waals surface area contributed by atoms with Crippen molar-refractivity contribution >= 4 is 11.7 Å². The predicted molar refractivity (Wildman–Crippen MR) is 69.6 cm³/mol. The molecule has 110 valence electrons. The summed E-state index contributed by atoms with van der Waals surface area (Å²) in [4.78, 5) is 11.4. The Morgan fingerprint density at radius 1 is 1.30 bits per heavy atom. The Bertz CT molecular complexity index is 456. The van der Waals surface area contributed by atoms with Crippen LogP contribution in [0.4, 0.5) is 23.7 Å². The van der Waals surface area contributed by atoms with Crippen molar-refractivity contribution in [3.63, 3.8) is 0 Å². The Kier molecular flexibility index (Phi) is 5.89. The van der Waals surface area contributed by atoms with E-state index < -0.39 is 12.4 Å². The molecule has 0 atom stereocenters. The molecule has 1 aromatic carbocycles. The number of hydrogen-bond acceptors (Lipinski definition) is 2. The predicted octanol–water partition coefficient (Wildman–Crippen LogP) is 3.67. The van der Waals surface area contributed by atoms with Crippen LogP contribution in [0.3, 0.4) is 0 Å². The first-order chi connectivity index (χ1) is 9.40. The summed E-state index contributed by atoms with van der Waals surface area (Å²) in [5.41, 5.74) is 0.378. The van der Waals surface area contributed by atoms with Gasteiger partial charge in [0.1, 0.15) is 5.75 Å². The van der Waals surface area contributed by atoms with E-state index in [9.17, 15) is 18.0 Å². The zero-order valence-corrected chi connectivity index (χ0v) is 10.8. The van der Waals surface area contributed by atoms with Gasteiger partial charge in [-0.3, -0.25) is 0 Å². The van der Waals surface area contributed by atoms with Gasteiger partial charge in [-0.25, -0.2) is 4.79 Å². The van der Waals surface area contributed by atoms with Crippen LogP contribution >= 0.6 is 0 Å². The fraction of sp³-hybridized carbons (Fsp3) is 0.308. The fourth-order valence-electron chi connectivity index (χ4n) is 1.35. The number of carbonyl (C=O) groups excluding carboxylic acids is 1. The van der Waals surface area contributed by atoms with Gasteiger partial charge in [-0.2, -0.15) is 0 Å². The molecule has 0 heterocycles. The van der Waals surface area contributed by atoms with Crippen LogP contribution in [0.15, 0.2) is 36.4 Å². The highest BCUT2D eigenvalue weighted by Crippen LogP contribution is 2.23. The first-order valence-electron chi connectivity index (χ1n) is 5.92. The second-order valence-corrected chi connectivity index (χ2v) is 3.81. The standard InChI is InChI=1S/C13H15F3N2O2/c1-2-3-4-9-17-12(19)18-10-5-7-11(8-6-10)20-13(14,15)16/h2-3,5-8H,4,9H2,1H3,(H2,17,18,19)/b3-2+. The number of allylic oxidation sites excluding steroid dienone is 1. The molecule has 0 unspecified atom stereocenters. The molecule has 0 spiro atoms. The van der Waals surface area contributed by atoms with Crippen LogP contribution in [0.1, 0.15) is 13.3 Å². The van der Waals surface area contributed by atoms with Crippen molar-refractivity contribution in [3.05, 3.63) is 36.4 Å². The van der Waals surface area contributed by atoms with Gasteiger partial charge in [0.05, 0.1) is 0 Å². The molecule has 2 amide bonds. The van der Waals surface area contributed by atoms with Crippen molar-refractivity contribution in [2.24, 2.45) is 0 Å². The van der Waals surface area contributed by atoms with E-state index in [4.69, 9.17) is 0 Å². The van der Waals surface area contributed by atoms with Crippen molar-refractivity contribution in [2.75, 3.05) is 11.9 Å². The number of benzene rings is 1. The topological polar surface area (TPSA) is 50.4 Å². The average Bonchev–Trinajstić information content (AvgIpc) is 2.35. The molecule has 0 radical (unpaired) electrons. The molecular formula is C13H15F3N2O2. The molecule has 1 rings (SSSR count). The number of hydrogen-bond donors (Lipinski definition) is 2. The number of nitrogens with one attached hydrogen (secondary N) is 2. The summed E-state index contributed by atoms with van der Waals surface area (Å²) >= 11 is 0. The molecule has 4 nitrogen and oxygen atoms in total. The van der Waals surface area contributed by atoms with Gasteiger partial charge in [0.25, 0.3) is 0 Å². The molecule has 0 aromatic heterocycles. The zero-order chi connectivity index (χ0) is 15.0. The van der Waals surface area contributed by atoms with Crippen LogP contribution in [0.5, 0.6) is 5.75 Å². The molecule has 7 heteroatoms. The van der Waals surface area contributed by atoms with Crippen molar-refractivity contribution in [1.29, 1.82) is 0 Å². The minimum absolute atomic E-state index is 0.337. The minimum Gasteiger partial charge on any atom is -0.406 e. The van der Waals surface area contributed by atoms with E-state index >= 15 is 0 Å². The molecule has 0 aliphatic carbocycles. The molecule has 0 aliphatic heterocycles. The van der Waals surface area contributed by atoms with Gasteiger partial charge < -0.3 is 15.4 Å². The van der Waals surface area contributed by atoms with E-state index in [-0.39, 0.29) is 5.75 Å². The number of anilines is 1. The third kappa shape index (κ3) is 6.67. The van der Waals surface area contributed by atoms with E-state index in [2.05, 4.69) is 15.4 Å². The SMILES string of the molecule is C/C=C/CCNC(=O)Nc1ccc(OC(F)(F)F)cc1. The smallest absolute Gasteiger partial charge is 0.406 e. The van der Waals surface area contributed by atoms with Gasteiger partial charge in [-0.15, -0.1) is 13.2 Å². The Morgan fingerprint density at radius 2 is 1.95 bits per heavy atom. The van der Waals surface area contributed by atoms with E-state index in [1.807, 2.05) is 19.1 Å². The lowest BCUT2D eigenvalue weighted by Crippen LogP contribution is -2.29. The lowest BCUT2D eigenvalue weighted by atomic mass is 10.3. The molecule has 0 aliphatic rings. The number of alkyl halides is 3. The molecule has 0 fully saturated rings. The van der Waals surface area contributed by atoms with E-state index in [0.29, 0.717) is 18.7 Å². The summed E-state index contributed by atoms with van der Waals surface area (Å²) in [7, 11) is 0. The quantitative estimate of drug-likeness (QED) is 0.641. The first kappa shape index (κ1) is 15.9. The normalized spacial score (nSPS) is 11.4. The van der Waals surface area contributed by atoms with Crippen LogP contribution < -0.4 is 15.4 Å². The molecule has 0 bridgehead atoms. The summed E-state index contributed by atoms with van der Waals surface area (Å²) in [5, 5.41) is 5.10. The lowest BCUT2D eigenvalue weighted by molar-refractivity contribution is -0.274. The van der Waals surface area contributed by atoms with Crippen LogP contribution in [0.2, 0.25) is 0 Å². The number of halogens is 3. The summed E-state index contributed by atoms with van der Waals surface area (Å²) < 4.78 is 39.6. The van der Waals surface area contributed by atoms with Crippen molar-refractivity contribution in [2.45, 2.75) is 19.7 Å². The number of ether oxygens (including phenoxy) is 1. The van der Waals surface area contributed by atoms with Crippen molar-refractivity contribution in [1.82, 2.24) is 5.32 Å². The Morgan fingerprint density at radius 3 is 2.50 bits per heavy atom. The second kappa shape index (κ2) is 7.42. The number of carbonyl (C=O) groups is 1. The summed E-state index contributed by atoms with van der Waals surface area (Å²) in [6.45, 7) is 2.36. The molecule has 20 heavy (non-hydrogen) atoms. The van der Waals surface area contributed by atoms with E-state index in [0.717, 1.165) is 12.1 Å². The van der Waals surface area contributed by atoms with Crippen LogP contribution in [-0.4, -0.2) is 18.9 Å². The monoisotopic (exact) mass is 288 g/mol. The number of urea groups is 1. The van der Waals surface area contributed by atoms with Crippen LogP contribution in [-0.2, 0) is 0 Å². The van der Waals surface area contributed by atoms with Crippen molar-refractivity contribution < 1.29 is 22.7 Å². The van der Waals surface area contributed by atoms with Crippen molar-refractivity contribution in [3.8, 4) is 5.75 Å². The molecule has 0 saturated heterocycles. The molecular weight excluding hydrogens is 273 g/mol. The largest absolute Gasteiger partial charge is 0.573 e. The molecule has 1 aromatic rings. The highest BCUT2D eigenvalue weighted by Gasteiger charge is 2.30. The Balaban J connectivity index is 2.43. The Hall–Kier alpha value is -2.18. The lowest BCUT2D eigenvalue weighted by Gasteiger charge is -2.10. The molecule has 2 N–H and O–H groups in total. The number of rotatable bonds is 5. The van der Waals surface area contributed by atoms with Gasteiger partial charge >= 0.3 is 12.4 Å². The van der Waals surface area contributed by atoms with E-state index in [1.54, 1.807) is 0 Å². The van der Waals surface area contributed by atoms with E-state index in [1.165, 1.54) is 12.1 Å². The maximum Gasteiger partial charge on any atom is 0.573 e. The van der Waals surface area contributed by atoms with Gasteiger partial charge in [-0.05, 0) is 37.6 Å². The Labute approximate surface area is 114 Å². The van der Waals surface area contributed by atoms with Crippen LogP contribution in [0, 0.1) is 0 Å². The maximum atomic E-state index is 11.9. The average molecular weight is 288 g/mol. The summed E-state index contributed by atoms with van der Waals surface area (Å²) in [6, 6.07) is 4.49. The van der Waals surface area contributed by atoms with Gasteiger partial charge in [0.2, 0.25) is 0 Å². The van der Waals surface area contributed by atoms with Gasteiger partial charge in [0, 0.05) is 12.2 Å². The van der Waals surface area contributed by atoms with Crippen LogP contribution in [0.25, 0.3) is 0 Å². The number of amides is 2. The fourth-order valence-corrected chi connectivity index (χ4v) is 1.35. The van der Waals surface area contributed by atoms with Gasteiger partial charge in [-0.1, -0.05) is 12.2 Å².